The molecule has 0 radical (unpaired) electrons. The summed E-state index contributed by atoms with van der Waals surface area (Å²) in [6.07, 6.45) is 4.35. The van der Waals surface area contributed by atoms with E-state index in [4.69, 9.17) is 4.98 Å². The van der Waals surface area contributed by atoms with Crippen LogP contribution in [0.2, 0.25) is 0 Å². The van der Waals surface area contributed by atoms with E-state index in [9.17, 15) is 0 Å². The van der Waals surface area contributed by atoms with Crippen molar-refractivity contribution in [1.29, 1.82) is 0 Å². The van der Waals surface area contributed by atoms with Gasteiger partial charge in [-0.1, -0.05) is 19.1 Å². The lowest BCUT2D eigenvalue weighted by Crippen LogP contribution is -2.01. The van der Waals surface area contributed by atoms with E-state index in [0.29, 0.717) is 0 Å². The Hall–Kier alpha value is -2.82. The Morgan fingerprint density at radius 3 is 2.62 bits per heavy atom. The first kappa shape index (κ1) is 12.0. The second-order valence-electron chi connectivity index (χ2n) is 4.82. The number of hydrogen-bond donors (Lipinski definition) is 0. The topological polar surface area (TPSA) is 56.0 Å². The van der Waals surface area contributed by atoms with E-state index >= 15 is 0 Å². The number of benzene rings is 1. The molecule has 5 heteroatoms. The van der Waals surface area contributed by atoms with Crippen molar-refractivity contribution < 1.29 is 0 Å². The van der Waals surface area contributed by atoms with E-state index in [0.717, 1.165) is 40.2 Å². The standard InChI is InChI=1S/C16H13N5/c1-2-14-19-20-16-12-5-3-4-6-13(12)18-15(21(14)16)11-7-9-17-10-8-11/h3-10H,2H2,1H3. The fourth-order valence-electron chi connectivity index (χ4n) is 2.56. The molecule has 3 heterocycles. The number of fused-ring (bicyclic) bond motifs is 3. The summed E-state index contributed by atoms with van der Waals surface area (Å²) >= 11 is 0. The van der Waals surface area contributed by atoms with Gasteiger partial charge in [0.15, 0.2) is 5.65 Å². The van der Waals surface area contributed by atoms with Crippen LogP contribution in [0.25, 0.3) is 27.9 Å². The molecule has 3 aromatic heterocycles. The zero-order valence-corrected chi connectivity index (χ0v) is 11.6. The van der Waals surface area contributed by atoms with Gasteiger partial charge in [0.05, 0.1) is 5.52 Å². The first-order valence-electron chi connectivity index (χ1n) is 6.91. The minimum absolute atomic E-state index is 0.805. The van der Waals surface area contributed by atoms with Crippen LogP contribution in [0.3, 0.4) is 0 Å². The zero-order valence-electron chi connectivity index (χ0n) is 11.6. The highest BCUT2D eigenvalue weighted by Gasteiger charge is 2.14. The maximum absolute atomic E-state index is 4.81. The van der Waals surface area contributed by atoms with E-state index in [1.807, 2.05) is 40.8 Å². The van der Waals surface area contributed by atoms with Crippen LogP contribution in [0.15, 0.2) is 48.8 Å². The number of nitrogens with zero attached hydrogens (tertiary/aromatic N) is 5. The van der Waals surface area contributed by atoms with E-state index in [2.05, 4.69) is 22.1 Å². The summed E-state index contributed by atoms with van der Waals surface area (Å²) < 4.78 is 2.04. The largest absolute Gasteiger partial charge is 0.265 e. The lowest BCUT2D eigenvalue weighted by molar-refractivity contribution is 0.904. The van der Waals surface area contributed by atoms with Crippen molar-refractivity contribution in [3.63, 3.8) is 0 Å². The average molecular weight is 275 g/mol. The maximum atomic E-state index is 4.81. The smallest absolute Gasteiger partial charge is 0.171 e. The van der Waals surface area contributed by atoms with Gasteiger partial charge in [0.25, 0.3) is 0 Å². The van der Waals surface area contributed by atoms with Crippen LogP contribution < -0.4 is 0 Å². The first-order valence-corrected chi connectivity index (χ1v) is 6.91. The van der Waals surface area contributed by atoms with E-state index in [-0.39, 0.29) is 0 Å². The third-order valence-corrected chi connectivity index (χ3v) is 3.57. The molecule has 0 aliphatic carbocycles. The van der Waals surface area contributed by atoms with Crippen molar-refractivity contribution in [2.75, 3.05) is 0 Å². The molecule has 0 spiro atoms. The van der Waals surface area contributed by atoms with Gasteiger partial charge in [-0.3, -0.25) is 9.38 Å². The maximum Gasteiger partial charge on any atom is 0.171 e. The molecule has 0 amide bonds. The second-order valence-corrected chi connectivity index (χ2v) is 4.82. The number of para-hydroxylation sites is 1. The van der Waals surface area contributed by atoms with Crippen molar-refractivity contribution in [2.45, 2.75) is 13.3 Å². The molecule has 0 aliphatic heterocycles. The fourth-order valence-corrected chi connectivity index (χ4v) is 2.56. The van der Waals surface area contributed by atoms with Gasteiger partial charge >= 0.3 is 0 Å². The van der Waals surface area contributed by atoms with Gasteiger partial charge in [-0.05, 0) is 24.3 Å². The van der Waals surface area contributed by atoms with Crippen LogP contribution in [-0.2, 0) is 6.42 Å². The van der Waals surface area contributed by atoms with Crippen LogP contribution in [0.4, 0.5) is 0 Å². The van der Waals surface area contributed by atoms with E-state index < -0.39 is 0 Å². The summed E-state index contributed by atoms with van der Waals surface area (Å²) in [5, 5.41) is 9.68. The lowest BCUT2D eigenvalue weighted by Gasteiger charge is -2.08. The zero-order chi connectivity index (χ0) is 14.2. The van der Waals surface area contributed by atoms with Crippen molar-refractivity contribution in [2.24, 2.45) is 0 Å². The second kappa shape index (κ2) is 4.63. The molecule has 0 N–H and O–H groups in total. The highest BCUT2D eigenvalue weighted by molar-refractivity contribution is 5.92. The van der Waals surface area contributed by atoms with Gasteiger partial charge in [0, 0.05) is 29.8 Å². The molecule has 21 heavy (non-hydrogen) atoms. The summed E-state index contributed by atoms with van der Waals surface area (Å²) in [5.74, 6) is 1.77. The van der Waals surface area contributed by atoms with Crippen LogP contribution >= 0.6 is 0 Å². The molecular weight excluding hydrogens is 262 g/mol. The number of pyridine rings is 1. The molecule has 0 atom stereocenters. The third-order valence-electron chi connectivity index (χ3n) is 3.57. The molecule has 4 rings (SSSR count). The number of aryl methyl sites for hydroxylation is 1. The highest BCUT2D eigenvalue weighted by atomic mass is 15.3. The predicted molar refractivity (Wildman–Crippen MR) is 80.9 cm³/mol. The summed E-state index contributed by atoms with van der Waals surface area (Å²) in [6, 6.07) is 11.9. The van der Waals surface area contributed by atoms with Crippen molar-refractivity contribution in [3.05, 3.63) is 54.6 Å². The van der Waals surface area contributed by atoms with Gasteiger partial charge in [-0.15, -0.1) is 10.2 Å². The Bertz CT molecular complexity index is 927. The molecular formula is C16H13N5. The molecule has 0 saturated heterocycles. The molecule has 0 aliphatic rings. The molecule has 4 aromatic rings. The first-order chi connectivity index (χ1) is 10.4. The van der Waals surface area contributed by atoms with Crippen LogP contribution in [0.1, 0.15) is 12.7 Å². The normalized spacial score (nSPS) is 11.3. The molecule has 0 unspecified atom stereocenters. The number of hydrogen-bond acceptors (Lipinski definition) is 4. The van der Waals surface area contributed by atoms with E-state index in [1.165, 1.54) is 0 Å². The summed E-state index contributed by atoms with van der Waals surface area (Å²) in [5.41, 5.74) is 2.78. The average Bonchev–Trinajstić information content (AvgIpc) is 2.99. The van der Waals surface area contributed by atoms with Gasteiger partial charge in [-0.25, -0.2) is 4.98 Å². The van der Waals surface area contributed by atoms with Gasteiger partial charge in [0.1, 0.15) is 11.6 Å². The summed E-state index contributed by atoms with van der Waals surface area (Å²) in [4.78, 5) is 8.88. The monoisotopic (exact) mass is 275 g/mol. The Morgan fingerprint density at radius 2 is 1.81 bits per heavy atom. The van der Waals surface area contributed by atoms with Crippen LogP contribution in [0, 0.1) is 0 Å². The SMILES string of the molecule is CCc1nnc2c3ccccc3nc(-c3ccncc3)n12. The Morgan fingerprint density at radius 1 is 1.00 bits per heavy atom. The van der Waals surface area contributed by atoms with Crippen molar-refractivity contribution in [3.8, 4) is 11.4 Å². The quantitative estimate of drug-likeness (QED) is 0.564. The van der Waals surface area contributed by atoms with Crippen molar-refractivity contribution in [1.82, 2.24) is 24.6 Å². The number of rotatable bonds is 2. The predicted octanol–water partition coefficient (Wildman–Crippen LogP) is 2.90. The Labute approximate surface area is 121 Å². The lowest BCUT2D eigenvalue weighted by atomic mass is 10.2. The minimum Gasteiger partial charge on any atom is -0.265 e. The van der Waals surface area contributed by atoms with Crippen LogP contribution in [0.5, 0.6) is 0 Å². The molecule has 1 aromatic carbocycles. The molecule has 102 valence electrons. The van der Waals surface area contributed by atoms with Gasteiger partial charge in [-0.2, -0.15) is 0 Å². The van der Waals surface area contributed by atoms with Gasteiger partial charge in [0.2, 0.25) is 0 Å². The van der Waals surface area contributed by atoms with Crippen molar-refractivity contribution >= 4 is 16.6 Å². The molecule has 5 nitrogen and oxygen atoms in total. The van der Waals surface area contributed by atoms with Crippen LogP contribution in [-0.4, -0.2) is 24.6 Å². The minimum atomic E-state index is 0.805. The molecule has 0 bridgehead atoms. The number of aromatic nitrogens is 5. The Kier molecular flexibility index (Phi) is 2.64. The molecule has 0 saturated carbocycles. The van der Waals surface area contributed by atoms with Gasteiger partial charge < -0.3 is 0 Å². The molecule has 0 fully saturated rings. The fraction of sp³-hybridized carbons (Fsp3) is 0.125. The highest BCUT2D eigenvalue weighted by Crippen LogP contribution is 2.25. The third kappa shape index (κ3) is 1.78. The summed E-state index contributed by atoms with van der Waals surface area (Å²) in [7, 11) is 0. The Balaban J connectivity index is 2.19. The van der Waals surface area contributed by atoms with E-state index in [1.54, 1.807) is 12.4 Å². The summed E-state index contributed by atoms with van der Waals surface area (Å²) in [6.45, 7) is 2.07.